The molecule has 7 fully saturated rings. The number of hydrogen-bond donors (Lipinski definition) is 3. The Morgan fingerprint density at radius 1 is 1.17 bits per heavy atom. The topological polar surface area (TPSA) is 91.6 Å². The second-order valence-electron chi connectivity index (χ2n) is 11.8. The van der Waals surface area contributed by atoms with Crippen LogP contribution in [0.3, 0.4) is 0 Å². The number of rotatable bonds is 2. The maximum atomic E-state index is 12.5. The van der Waals surface area contributed by atoms with Crippen LogP contribution < -0.4 is 0 Å². The molecule has 0 unspecified atom stereocenters. The lowest BCUT2D eigenvalue weighted by Gasteiger charge is -2.71. The highest BCUT2D eigenvalue weighted by molar-refractivity contribution is 5.44. The fourth-order valence-electron chi connectivity index (χ4n) is 10.8. The molecule has 2 heterocycles. The molecule has 2 saturated heterocycles. The van der Waals surface area contributed by atoms with Crippen molar-refractivity contribution in [3.05, 3.63) is 0 Å². The molecular weight excluding hydrogens is 386 g/mol. The van der Waals surface area contributed by atoms with Gasteiger partial charge in [-0.2, -0.15) is 0 Å². The van der Waals surface area contributed by atoms with Crippen LogP contribution in [0.1, 0.15) is 46.0 Å². The maximum absolute atomic E-state index is 12.5. The predicted octanol–water partition coefficient (Wildman–Crippen LogP) is 0.500. The molecule has 5 aliphatic carbocycles. The Morgan fingerprint density at radius 2 is 1.97 bits per heavy atom. The molecule has 30 heavy (non-hydrogen) atoms. The molecule has 3 spiro atoms. The van der Waals surface area contributed by atoms with Gasteiger partial charge in [-0.05, 0) is 43.6 Å². The van der Waals surface area contributed by atoms with Gasteiger partial charge in [-0.3, -0.25) is 4.90 Å². The zero-order chi connectivity index (χ0) is 20.9. The molecule has 0 radical (unpaired) electrons. The van der Waals surface area contributed by atoms with Crippen molar-refractivity contribution in [3.8, 4) is 0 Å². The molecule has 0 amide bonds. The number of likely N-dealkylation sites (tertiary alicyclic amines) is 1. The van der Waals surface area contributed by atoms with Gasteiger partial charge in [0.1, 0.15) is 23.6 Å². The summed E-state index contributed by atoms with van der Waals surface area (Å²) in [7, 11) is 1.70. The van der Waals surface area contributed by atoms with E-state index in [1.165, 1.54) is 0 Å². The summed E-state index contributed by atoms with van der Waals surface area (Å²) in [5.41, 5.74) is -3.55. The zero-order valence-electron chi connectivity index (χ0n) is 18.2. The van der Waals surface area contributed by atoms with E-state index < -0.39 is 34.4 Å². The molecular formula is C23H35NO6. The van der Waals surface area contributed by atoms with Gasteiger partial charge in [0.05, 0.1) is 24.4 Å². The van der Waals surface area contributed by atoms with Gasteiger partial charge in [-0.1, -0.05) is 13.8 Å². The lowest BCUT2D eigenvalue weighted by Crippen LogP contribution is -2.86. The zero-order valence-corrected chi connectivity index (χ0v) is 18.2. The second kappa shape index (κ2) is 5.27. The van der Waals surface area contributed by atoms with E-state index in [4.69, 9.17) is 14.2 Å². The van der Waals surface area contributed by atoms with E-state index >= 15 is 0 Å². The number of piperidine rings is 1. The fourth-order valence-corrected chi connectivity index (χ4v) is 10.8. The molecule has 5 saturated carbocycles. The van der Waals surface area contributed by atoms with Crippen molar-refractivity contribution in [3.63, 3.8) is 0 Å². The lowest BCUT2D eigenvalue weighted by atomic mass is 9.41. The Kier molecular flexibility index (Phi) is 3.37. The first-order chi connectivity index (χ1) is 14.3. The van der Waals surface area contributed by atoms with Gasteiger partial charge in [-0.15, -0.1) is 0 Å². The molecule has 7 nitrogen and oxygen atoms in total. The third-order valence-electron chi connectivity index (χ3n) is 11.5. The van der Waals surface area contributed by atoms with Crippen molar-refractivity contribution in [2.24, 2.45) is 28.6 Å². The van der Waals surface area contributed by atoms with Crippen molar-refractivity contribution >= 4 is 0 Å². The van der Waals surface area contributed by atoms with Crippen molar-refractivity contribution in [1.29, 1.82) is 0 Å². The Hall–Kier alpha value is -0.280. The normalized spacial score (nSPS) is 67.6. The number of ether oxygens (including phenoxy) is 3. The molecule has 0 aromatic carbocycles. The van der Waals surface area contributed by atoms with E-state index in [0.717, 1.165) is 32.4 Å². The van der Waals surface area contributed by atoms with Crippen LogP contribution in [0.15, 0.2) is 0 Å². The van der Waals surface area contributed by atoms with E-state index in [0.29, 0.717) is 12.8 Å². The van der Waals surface area contributed by atoms with E-state index in [9.17, 15) is 15.3 Å². The highest BCUT2D eigenvalue weighted by Gasteiger charge is 2.94. The number of nitrogens with zero attached hydrogens (tertiary/aromatic N) is 1. The van der Waals surface area contributed by atoms with Crippen molar-refractivity contribution < 1.29 is 29.5 Å². The molecule has 0 aromatic heterocycles. The standard InChI is InChI=1S/C23H35NO6/c1-4-24-10-19(2)6-5-16(25)22-14-7-12-13(28-3)8-21(23(14,27)17(12)26)20(18(22)24,9-15(19)22)29-11-30-21/h12-18,25-27H,4-11H2,1-3H3/t12-,13+,14+,15-,16+,17+,18-,19+,20-,21+,22-,23+/m1/s1. The van der Waals surface area contributed by atoms with Crippen molar-refractivity contribution in [2.75, 3.05) is 27.0 Å². The van der Waals surface area contributed by atoms with E-state index in [1.807, 2.05) is 0 Å². The molecule has 7 bridgehead atoms. The molecule has 168 valence electrons. The first kappa shape index (κ1) is 19.2. The van der Waals surface area contributed by atoms with Gasteiger partial charge in [0.25, 0.3) is 0 Å². The van der Waals surface area contributed by atoms with Gasteiger partial charge in [-0.25, -0.2) is 0 Å². The average molecular weight is 422 g/mol. The Morgan fingerprint density at radius 3 is 2.70 bits per heavy atom. The molecule has 7 aliphatic rings. The highest BCUT2D eigenvalue weighted by atomic mass is 16.7. The van der Waals surface area contributed by atoms with Gasteiger partial charge in [0.15, 0.2) is 0 Å². The van der Waals surface area contributed by atoms with Crippen LogP contribution in [0, 0.1) is 28.6 Å². The molecule has 7 heteroatoms. The van der Waals surface area contributed by atoms with Crippen LogP contribution >= 0.6 is 0 Å². The minimum Gasteiger partial charge on any atom is -0.392 e. The van der Waals surface area contributed by atoms with E-state index in [1.54, 1.807) is 7.11 Å². The average Bonchev–Trinajstić information content (AvgIpc) is 3.27. The lowest BCUT2D eigenvalue weighted by molar-refractivity contribution is -0.336. The van der Waals surface area contributed by atoms with Gasteiger partial charge in [0.2, 0.25) is 0 Å². The summed E-state index contributed by atoms with van der Waals surface area (Å²) in [4.78, 5) is 2.53. The summed E-state index contributed by atoms with van der Waals surface area (Å²) in [5, 5.41) is 35.8. The van der Waals surface area contributed by atoms with Gasteiger partial charge < -0.3 is 29.5 Å². The largest absolute Gasteiger partial charge is 0.392 e. The van der Waals surface area contributed by atoms with Crippen LogP contribution in [0.2, 0.25) is 0 Å². The highest BCUT2D eigenvalue weighted by Crippen LogP contribution is 2.82. The third kappa shape index (κ3) is 1.50. The molecule has 3 N–H and O–H groups in total. The minimum atomic E-state index is -1.41. The first-order valence-electron chi connectivity index (χ1n) is 11.9. The summed E-state index contributed by atoms with van der Waals surface area (Å²) in [6.07, 6.45) is 2.15. The molecule has 2 aliphatic heterocycles. The van der Waals surface area contributed by atoms with Gasteiger partial charge >= 0.3 is 0 Å². The molecule has 7 rings (SSSR count). The minimum absolute atomic E-state index is 0.00212. The summed E-state index contributed by atoms with van der Waals surface area (Å²) in [6.45, 7) is 6.59. The van der Waals surface area contributed by atoms with Gasteiger partial charge in [0, 0.05) is 37.3 Å². The van der Waals surface area contributed by atoms with Crippen LogP contribution in [0.5, 0.6) is 0 Å². The molecule has 12 atom stereocenters. The van der Waals surface area contributed by atoms with Crippen LogP contribution in [-0.2, 0) is 14.2 Å². The number of methoxy groups -OCH3 is 1. The number of fused-ring (bicyclic) bond motifs is 1. The van der Waals surface area contributed by atoms with Crippen molar-refractivity contribution in [1.82, 2.24) is 4.90 Å². The fraction of sp³-hybridized carbons (Fsp3) is 1.00. The number of likely N-dealkylation sites (N-methyl/N-ethyl adjacent to an activating group) is 1. The smallest absolute Gasteiger partial charge is 0.148 e. The first-order valence-corrected chi connectivity index (χ1v) is 11.9. The quantitative estimate of drug-likeness (QED) is 0.598. The third-order valence-corrected chi connectivity index (χ3v) is 11.5. The Labute approximate surface area is 177 Å². The summed E-state index contributed by atoms with van der Waals surface area (Å²) < 4.78 is 19.0. The Bertz CT molecular complexity index is 811. The summed E-state index contributed by atoms with van der Waals surface area (Å²) in [5.74, 6) is -0.102. The Balaban J connectivity index is 1.57. The van der Waals surface area contributed by atoms with Crippen molar-refractivity contribution in [2.45, 2.75) is 87.1 Å². The number of aliphatic hydroxyl groups is 3. The van der Waals surface area contributed by atoms with Crippen LogP contribution in [-0.4, -0.2) is 88.4 Å². The van der Waals surface area contributed by atoms with E-state index in [-0.39, 0.29) is 42.1 Å². The second-order valence-corrected chi connectivity index (χ2v) is 11.8. The summed E-state index contributed by atoms with van der Waals surface area (Å²) in [6, 6.07) is -0.00212. The van der Waals surface area contributed by atoms with E-state index in [2.05, 4.69) is 18.7 Å². The van der Waals surface area contributed by atoms with Crippen LogP contribution in [0.4, 0.5) is 0 Å². The number of hydrogen-bond acceptors (Lipinski definition) is 7. The monoisotopic (exact) mass is 421 g/mol. The SMILES string of the molecule is CCN1C[C@]2(C)CC[C@H](O)[C@]34[C@@H]2C[C@@]2(OCO[C@@]25C[C@H](OC)[C@H]2C[C@@H]3[C@]5(O)[C@H]2O)[C@@H]14. The predicted molar refractivity (Wildman–Crippen MR) is 105 cm³/mol. The molecule has 0 aromatic rings. The summed E-state index contributed by atoms with van der Waals surface area (Å²) >= 11 is 0. The van der Waals surface area contributed by atoms with Crippen LogP contribution in [0.25, 0.3) is 0 Å². The maximum Gasteiger partial charge on any atom is 0.148 e. The number of aliphatic hydroxyl groups excluding tert-OH is 2.